The minimum Gasteiger partial charge on any atom is -0.465 e. The standard InChI is InChI=1S/C18H19ClN2O4S/c1-25-18(22)13-7-8-17(15(19)9-13)26(23,24)21-10-14(16(20)11-21)12-5-3-2-4-6-12/h2-9,14,16H,10-11,20H2,1H3/t14-,16+/m0/s1. The van der Waals surface area contributed by atoms with Gasteiger partial charge in [-0.3, -0.25) is 0 Å². The third-order valence-corrected chi connectivity index (χ3v) is 6.84. The van der Waals surface area contributed by atoms with Crippen LogP contribution in [0.15, 0.2) is 53.4 Å². The first-order chi connectivity index (χ1) is 12.3. The average Bonchev–Trinajstić information content (AvgIpc) is 3.04. The van der Waals surface area contributed by atoms with Crippen LogP contribution < -0.4 is 5.73 Å². The van der Waals surface area contributed by atoms with Crippen LogP contribution in [0.5, 0.6) is 0 Å². The molecule has 2 atom stereocenters. The second-order valence-corrected chi connectivity index (χ2v) is 8.45. The van der Waals surface area contributed by atoms with Crippen molar-refractivity contribution in [1.82, 2.24) is 4.31 Å². The lowest BCUT2D eigenvalue weighted by atomic mass is 9.95. The van der Waals surface area contributed by atoms with E-state index in [1.54, 1.807) is 0 Å². The van der Waals surface area contributed by atoms with E-state index in [0.29, 0.717) is 0 Å². The molecule has 1 aliphatic heterocycles. The van der Waals surface area contributed by atoms with Gasteiger partial charge in [-0.15, -0.1) is 0 Å². The smallest absolute Gasteiger partial charge is 0.337 e. The van der Waals surface area contributed by atoms with Crippen molar-refractivity contribution in [2.24, 2.45) is 5.73 Å². The fourth-order valence-electron chi connectivity index (χ4n) is 3.13. The fourth-order valence-corrected chi connectivity index (χ4v) is 5.16. The maximum atomic E-state index is 13.0. The highest BCUT2D eigenvalue weighted by Crippen LogP contribution is 2.33. The zero-order valence-corrected chi connectivity index (χ0v) is 15.7. The Kier molecular flexibility index (Phi) is 5.34. The van der Waals surface area contributed by atoms with Crippen molar-refractivity contribution < 1.29 is 17.9 Å². The minimum absolute atomic E-state index is 0.0235. The number of halogens is 1. The summed E-state index contributed by atoms with van der Waals surface area (Å²) in [5, 5.41) is -0.0235. The molecule has 0 bridgehead atoms. The van der Waals surface area contributed by atoms with Gasteiger partial charge in [-0.1, -0.05) is 41.9 Å². The second kappa shape index (κ2) is 7.36. The number of ether oxygens (including phenoxy) is 1. The van der Waals surface area contributed by atoms with Crippen molar-refractivity contribution in [3.8, 4) is 0 Å². The highest BCUT2D eigenvalue weighted by atomic mass is 35.5. The van der Waals surface area contributed by atoms with Crippen molar-refractivity contribution in [3.63, 3.8) is 0 Å². The molecule has 1 aliphatic rings. The van der Waals surface area contributed by atoms with Crippen molar-refractivity contribution in [1.29, 1.82) is 0 Å². The lowest BCUT2D eigenvalue weighted by Crippen LogP contribution is -2.32. The predicted molar refractivity (Wildman–Crippen MR) is 98.7 cm³/mol. The molecule has 3 rings (SSSR count). The second-order valence-electron chi connectivity index (χ2n) is 6.14. The van der Waals surface area contributed by atoms with Crippen LogP contribution in [-0.2, 0) is 14.8 Å². The molecule has 6 nitrogen and oxygen atoms in total. The van der Waals surface area contributed by atoms with E-state index in [9.17, 15) is 13.2 Å². The third kappa shape index (κ3) is 3.48. The number of rotatable bonds is 4. The maximum absolute atomic E-state index is 13.0. The Morgan fingerprint density at radius 2 is 1.88 bits per heavy atom. The number of carbonyl (C=O) groups excluding carboxylic acids is 1. The molecular formula is C18H19ClN2O4S. The van der Waals surface area contributed by atoms with Crippen molar-refractivity contribution in [3.05, 3.63) is 64.7 Å². The highest BCUT2D eigenvalue weighted by Gasteiger charge is 2.39. The van der Waals surface area contributed by atoms with E-state index in [-0.39, 0.29) is 40.5 Å². The van der Waals surface area contributed by atoms with Gasteiger partial charge in [0.25, 0.3) is 0 Å². The Morgan fingerprint density at radius 1 is 1.19 bits per heavy atom. The van der Waals surface area contributed by atoms with Gasteiger partial charge in [0, 0.05) is 25.0 Å². The Balaban J connectivity index is 1.88. The molecule has 0 aromatic heterocycles. The monoisotopic (exact) mass is 394 g/mol. The van der Waals surface area contributed by atoms with E-state index in [4.69, 9.17) is 17.3 Å². The highest BCUT2D eigenvalue weighted by molar-refractivity contribution is 7.89. The van der Waals surface area contributed by atoms with E-state index in [1.807, 2.05) is 30.3 Å². The Bertz CT molecular complexity index is 918. The first-order valence-corrected chi connectivity index (χ1v) is 9.85. The van der Waals surface area contributed by atoms with Crippen molar-refractivity contribution >= 4 is 27.6 Å². The van der Waals surface area contributed by atoms with E-state index in [1.165, 1.54) is 29.6 Å². The van der Waals surface area contributed by atoms with Crippen molar-refractivity contribution in [2.75, 3.05) is 20.2 Å². The molecule has 8 heteroatoms. The molecular weight excluding hydrogens is 376 g/mol. The van der Waals surface area contributed by atoms with Crippen LogP contribution in [-0.4, -0.2) is 44.9 Å². The fraction of sp³-hybridized carbons (Fsp3) is 0.278. The number of methoxy groups -OCH3 is 1. The molecule has 0 unspecified atom stereocenters. The van der Waals surface area contributed by atoms with Gasteiger partial charge in [0.15, 0.2) is 0 Å². The van der Waals surface area contributed by atoms with E-state index in [0.717, 1.165) is 5.56 Å². The van der Waals surface area contributed by atoms with Crippen LogP contribution >= 0.6 is 11.6 Å². The van der Waals surface area contributed by atoms with Crippen LogP contribution in [0.4, 0.5) is 0 Å². The zero-order valence-electron chi connectivity index (χ0n) is 14.1. The molecule has 2 aromatic rings. The summed E-state index contributed by atoms with van der Waals surface area (Å²) in [6.45, 7) is 0.486. The number of nitrogens with two attached hydrogens (primary N) is 1. The number of carbonyl (C=O) groups is 1. The van der Waals surface area contributed by atoms with Crippen LogP contribution in [0.25, 0.3) is 0 Å². The van der Waals surface area contributed by atoms with Gasteiger partial charge in [-0.25, -0.2) is 13.2 Å². The van der Waals surface area contributed by atoms with Gasteiger partial charge in [-0.05, 0) is 23.8 Å². The molecule has 1 saturated heterocycles. The summed E-state index contributed by atoms with van der Waals surface area (Å²) < 4.78 is 32.0. The quantitative estimate of drug-likeness (QED) is 0.803. The van der Waals surface area contributed by atoms with E-state index < -0.39 is 16.0 Å². The number of esters is 1. The molecule has 1 fully saturated rings. The average molecular weight is 395 g/mol. The number of nitrogens with zero attached hydrogens (tertiary/aromatic N) is 1. The summed E-state index contributed by atoms with van der Waals surface area (Å²) in [6, 6.07) is 13.3. The molecule has 2 aromatic carbocycles. The molecule has 138 valence electrons. The van der Waals surface area contributed by atoms with Gasteiger partial charge >= 0.3 is 5.97 Å². The first-order valence-electron chi connectivity index (χ1n) is 8.03. The number of benzene rings is 2. The normalized spacial score (nSPS) is 20.9. The van der Waals surface area contributed by atoms with Crippen LogP contribution in [0, 0.1) is 0 Å². The van der Waals surface area contributed by atoms with Gasteiger partial charge < -0.3 is 10.5 Å². The van der Waals surface area contributed by atoms with E-state index in [2.05, 4.69) is 4.74 Å². The molecule has 0 aliphatic carbocycles. The summed E-state index contributed by atoms with van der Waals surface area (Å²) in [4.78, 5) is 11.5. The topological polar surface area (TPSA) is 89.7 Å². The Labute approximate surface area is 157 Å². The Morgan fingerprint density at radius 3 is 2.50 bits per heavy atom. The van der Waals surface area contributed by atoms with E-state index >= 15 is 0 Å². The lowest BCUT2D eigenvalue weighted by molar-refractivity contribution is 0.0600. The summed E-state index contributed by atoms with van der Waals surface area (Å²) in [6.07, 6.45) is 0. The number of hydrogen-bond donors (Lipinski definition) is 1. The molecule has 2 N–H and O–H groups in total. The summed E-state index contributed by atoms with van der Waals surface area (Å²) in [5.41, 5.74) is 7.39. The van der Waals surface area contributed by atoms with Gasteiger partial charge in [0.05, 0.1) is 17.7 Å². The summed E-state index contributed by atoms with van der Waals surface area (Å²) >= 11 is 6.14. The molecule has 0 spiro atoms. The number of hydrogen-bond acceptors (Lipinski definition) is 5. The van der Waals surface area contributed by atoms with Gasteiger partial charge in [0.1, 0.15) is 4.90 Å². The first kappa shape index (κ1) is 18.8. The third-order valence-electron chi connectivity index (χ3n) is 4.53. The SMILES string of the molecule is COC(=O)c1ccc(S(=O)(=O)N2C[C@@H](N)[C@H](c3ccccc3)C2)c(Cl)c1. The van der Waals surface area contributed by atoms with Crippen molar-refractivity contribution in [2.45, 2.75) is 16.9 Å². The van der Waals surface area contributed by atoms with Crippen LogP contribution in [0.1, 0.15) is 21.8 Å². The summed E-state index contributed by atoms with van der Waals surface area (Å²) in [5.74, 6) is -0.665. The molecule has 0 amide bonds. The van der Waals surface area contributed by atoms with Gasteiger partial charge in [-0.2, -0.15) is 4.31 Å². The zero-order chi connectivity index (χ0) is 18.9. The predicted octanol–water partition coefficient (Wildman–Crippen LogP) is 2.24. The largest absolute Gasteiger partial charge is 0.465 e. The minimum atomic E-state index is -3.82. The van der Waals surface area contributed by atoms with Crippen LogP contribution in [0.2, 0.25) is 5.02 Å². The molecule has 26 heavy (non-hydrogen) atoms. The number of sulfonamides is 1. The molecule has 0 saturated carbocycles. The van der Waals surface area contributed by atoms with Crippen LogP contribution in [0.3, 0.4) is 0 Å². The summed E-state index contributed by atoms with van der Waals surface area (Å²) in [7, 11) is -2.58. The maximum Gasteiger partial charge on any atom is 0.337 e. The lowest BCUT2D eigenvalue weighted by Gasteiger charge is -2.17. The Hall–Kier alpha value is -1.93. The molecule has 1 heterocycles. The molecule has 0 radical (unpaired) electrons. The van der Waals surface area contributed by atoms with Gasteiger partial charge in [0.2, 0.25) is 10.0 Å².